The second-order valence-electron chi connectivity index (χ2n) is 5.95. The van der Waals surface area contributed by atoms with E-state index in [0.29, 0.717) is 5.92 Å². The highest BCUT2D eigenvalue weighted by atomic mass is 16.5. The monoisotopic (exact) mass is 304 g/mol. The van der Waals surface area contributed by atoms with Crippen LogP contribution in [0.25, 0.3) is 10.9 Å². The Kier molecular flexibility index (Phi) is 5.44. The van der Waals surface area contributed by atoms with E-state index >= 15 is 0 Å². The molecule has 120 valence electrons. The maximum atomic E-state index is 12.2. The highest BCUT2D eigenvalue weighted by molar-refractivity contribution is 5.93. The molecule has 1 unspecified atom stereocenters. The standard InChI is InChI=1S/C17H24N2O3/c1-11(2)7-13(10-20)19-16(21)8-12-9-18-14-5-4-6-15(22-3)17(12)14/h4-6,9,11,13,18,20H,7-8,10H2,1-3H3,(H,19,21). The van der Waals surface area contributed by atoms with E-state index in [1.54, 1.807) is 7.11 Å². The summed E-state index contributed by atoms with van der Waals surface area (Å²) in [5.41, 5.74) is 1.84. The van der Waals surface area contributed by atoms with Gasteiger partial charge in [-0.1, -0.05) is 19.9 Å². The molecule has 0 aliphatic rings. The van der Waals surface area contributed by atoms with Crippen LogP contribution >= 0.6 is 0 Å². The van der Waals surface area contributed by atoms with Gasteiger partial charge in [0.1, 0.15) is 5.75 Å². The lowest BCUT2D eigenvalue weighted by Crippen LogP contribution is -2.39. The van der Waals surface area contributed by atoms with Gasteiger partial charge in [-0.3, -0.25) is 4.79 Å². The van der Waals surface area contributed by atoms with Crippen LogP contribution in [0.15, 0.2) is 24.4 Å². The molecule has 0 aliphatic carbocycles. The topological polar surface area (TPSA) is 74.4 Å². The minimum atomic E-state index is -0.195. The molecule has 0 saturated carbocycles. The third-order valence-electron chi connectivity index (χ3n) is 3.66. The number of nitrogens with one attached hydrogen (secondary N) is 2. The number of aliphatic hydroxyl groups is 1. The predicted octanol–water partition coefficient (Wildman–Crippen LogP) is 2.24. The number of carbonyl (C=O) groups excluding carboxylic acids is 1. The molecule has 1 heterocycles. The van der Waals surface area contributed by atoms with Gasteiger partial charge in [-0.25, -0.2) is 0 Å². The van der Waals surface area contributed by atoms with Crippen molar-refractivity contribution in [1.29, 1.82) is 0 Å². The van der Waals surface area contributed by atoms with Gasteiger partial charge in [0.2, 0.25) is 5.91 Å². The number of aromatic nitrogens is 1. The fourth-order valence-electron chi connectivity index (χ4n) is 2.73. The van der Waals surface area contributed by atoms with Crippen molar-refractivity contribution in [1.82, 2.24) is 10.3 Å². The average molecular weight is 304 g/mol. The molecule has 0 aliphatic heterocycles. The van der Waals surface area contributed by atoms with E-state index in [1.807, 2.05) is 24.4 Å². The van der Waals surface area contributed by atoms with Gasteiger partial charge in [0.25, 0.3) is 0 Å². The van der Waals surface area contributed by atoms with Crippen molar-refractivity contribution in [2.45, 2.75) is 32.7 Å². The molecule has 22 heavy (non-hydrogen) atoms. The third kappa shape index (κ3) is 3.80. The zero-order valence-electron chi connectivity index (χ0n) is 13.3. The Balaban J connectivity index is 2.12. The lowest BCUT2D eigenvalue weighted by molar-refractivity contribution is -0.121. The zero-order chi connectivity index (χ0) is 16.1. The molecular weight excluding hydrogens is 280 g/mol. The summed E-state index contributed by atoms with van der Waals surface area (Å²) < 4.78 is 5.37. The van der Waals surface area contributed by atoms with Gasteiger partial charge in [0.15, 0.2) is 0 Å². The van der Waals surface area contributed by atoms with Crippen molar-refractivity contribution >= 4 is 16.8 Å². The molecule has 0 fully saturated rings. The summed E-state index contributed by atoms with van der Waals surface area (Å²) in [6, 6.07) is 5.55. The van der Waals surface area contributed by atoms with Gasteiger partial charge >= 0.3 is 0 Å². The highest BCUT2D eigenvalue weighted by Crippen LogP contribution is 2.28. The number of fused-ring (bicyclic) bond motifs is 1. The van der Waals surface area contributed by atoms with Crippen LogP contribution in [0.4, 0.5) is 0 Å². The number of benzene rings is 1. The first-order chi connectivity index (χ1) is 10.5. The van der Waals surface area contributed by atoms with Crippen LogP contribution in [0.5, 0.6) is 5.75 Å². The van der Waals surface area contributed by atoms with Crippen LogP contribution < -0.4 is 10.1 Å². The molecule has 0 spiro atoms. The number of H-pyrrole nitrogens is 1. The lowest BCUT2D eigenvalue weighted by atomic mass is 10.0. The minimum Gasteiger partial charge on any atom is -0.496 e. The molecule has 0 saturated heterocycles. The van der Waals surface area contributed by atoms with Crippen molar-refractivity contribution in [3.05, 3.63) is 30.0 Å². The molecule has 1 aromatic heterocycles. The first-order valence-corrected chi connectivity index (χ1v) is 7.58. The van der Waals surface area contributed by atoms with Crippen LogP contribution in [-0.4, -0.2) is 35.8 Å². The van der Waals surface area contributed by atoms with Gasteiger partial charge in [-0.05, 0) is 30.0 Å². The number of methoxy groups -OCH3 is 1. The van der Waals surface area contributed by atoms with Crippen LogP contribution in [0.2, 0.25) is 0 Å². The van der Waals surface area contributed by atoms with Crippen molar-refractivity contribution in [2.24, 2.45) is 5.92 Å². The molecule has 5 heteroatoms. The Bertz CT molecular complexity index is 634. The lowest BCUT2D eigenvalue weighted by Gasteiger charge is -2.18. The predicted molar refractivity (Wildman–Crippen MR) is 87.0 cm³/mol. The van der Waals surface area contributed by atoms with E-state index in [9.17, 15) is 9.90 Å². The summed E-state index contributed by atoms with van der Waals surface area (Å²) in [7, 11) is 1.62. The molecule has 2 aromatic rings. The Morgan fingerprint density at radius 1 is 1.41 bits per heavy atom. The van der Waals surface area contributed by atoms with E-state index in [0.717, 1.165) is 28.6 Å². The number of aromatic amines is 1. The smallest absolute Gasteiger partial charge is 0.224 e. The quantitative estimate of drug-likeness (QED) is 0.734. The first kappa shape index (κ1) is 16.4. The van der Waals surface area contributed by atoms with Crippen LogP contribution in [-0.2, 0) is 11.2 Å². The minimum absolute atomic E-state index is 0.0405. The zero-order valence-corrected chi connectivity index (χ0v) is 13.3. The maximum absolute atomic E-state index is 12.2. The summed E-state index contributed by atoms with van der Waals surface area (Å²) in [6.45, 7) is 4.10. The third-order valence-corrected chi connectivity index (χ3v) is 3.66. The number of rotatable bonds is 7. The summed E-state index contributed by atoms with van der Waals surface area (Å²) in [6.07, 6.45) is 2.86. The van der Waals surface area contributed by atoms with Gasteiger partial charge < -0.3 is 20.1 Å². The Morgan fingerprint density at radius 3 is 2.82 bits per heavy atom. The summed E-state index contributed by atoms with van der Waals surface area (Å²) >= 11 is 0. The van der Waals surface area contributed by atoms with Gasteiger partial charge in [-0.15, -0.1) is 0 Å². The first-order valence-electron chi connectivity index (χ1n) is 7.58. The van der Waals surface area contributed by atoms with E-state index in [2.05, 4.69) is 24.1 Å². The van der Waals surface area contributed by atoms with E-state index in [1.165, 1.54) is 0 Å². The molecule has 1 aromatic carbocycles. The summed E-state index contributed by atoms with van der Waals surface area (Å²) in [5.74, 6) is 1.08. The molecular formula is C17H24N2O3. The highest BCUT2D eigenvalue weighted by Gasteiger charge is 2.16. The summed E-state index contributed by atoms with van der Waals surface area (Å²) in [5, 5.41) is 13.2. The van der Waals surface area contributed by atoms with E-state index in [-0.39, 0.29) is 25.0 Å². The van der Waals surface area contributed by atoms with Gasteiger partial charge in [-0.2, -0.15) is 0 Å². The van der Waals surface area contributed by atoms with Crippen LogP contribution in [0, 0.1) is 5.92 Å². The maximum Gasteiger partial charge on any atom is 0.224 e. The second-order valence-corrected chi connectivity index (χ2v) is 5.95. The number of aliphatic hydroxyl groups excluding tert-OH is 1. The van der Waals surface area contributed by atoms with Crippen LogP contribution in [0.1, 0.15) is 25.8 Å². The number of ether oxygens (including phenoxy) is 1. The van der Waals surface area contributed by atoms with Gasteiger partial charge in [0.05, 0.1) is 26.2 Å². The van der Waals surface area contributed by atoms with Crippen molar-refractivity contribution in [3.8, 4) is 5.75 Å². The number of carbonyl (C=O) groups is 1. The Morgan fingerprint density at radius 2 is 2.18 bits per heavy atom. The fraction of sp³-hybridized carbons (Fsp3) is 0.471. The van der Waals surface area contributed by atoms with Crippen molar-refractivity contribution < 1.29 is 14.6 Å². The summed E-state index contributed by atoms with van der Waals surface area (Å²) in [4.78, 5) is 15.4. The number of hydrogen-bond donors (Lipinski definition) is 3. The molecule has 0 bridgehead atoms. The number of hydrogen-bond acceptors (Lipinski definition) is 3. The SMILES string of the molecule is COc1cccc2[nH]cc(CC(=O)NC(CO)CC(C)C)c12. The average Bonchev–Trinajstić information content (AvgIpc) is 2.89. The second kappa shape index (κ2) is 7.31. The number of amides is 1. The Hall–Kier alpha value is -2.01. The molecule has 3 N–H and O–H groups in total. The largest absolute Gasteiger partial charge is 0.496 e. The fourth-order valence-corrected chi connectivity index (χ4v) is 2.73. The molecule has 1 atom stereocenters. The van der Waals surface area contributed by atoms with Crippen LogP contribution in [0.3, 0.4) is 0 Å². The van der Waals surface area contributed by atoms with Crippen molar-refractivity contribution in [3.63, 3.8) is 0 Å². The molecule has 0 radical (unpaired) electrons. The van der Waals surface area contributed by atoms with E-state index in [4.69, 9.17) is 4.74 Å². The van der Waals surface area contributed by atoms with Crippen molar-refractivity contribution in [2.75, 3.05) is 13.7 Å². The Labute approximate surface area is 130 Å². The van der Waals surface area contributed by atoms with E-state index < -0.39 is 0 Å². The molecule has 2 rings (SSSR count). The van der Waals surface area contributed by atoms with Gasteiger partial charge in [0, 0.05) is 17.1 Å². The normalized spacial score (nSPS) is 12.6. The molecule has 5 nitrogen and oxygen atoms in total. The molecule has 1 amide bonds.